The lowest BCUT2D eigenvalue weighted by molar-refractivity contribution is -0.138. The maximum absolute atomic E-state index is 12.5. The molecule has 2 saturated heterocycles. The Bertz CT molecular complexity index is 522. The number of piperidine rings is 2. The molecule has 0 bridgehead atoms. The van der Waals surface area contributed by atoms with Gasteiger partial charge in [0.1, 0.15) is 0 Å². The molecule has 2 rings (SSSR count). The smallest absolute Gasteiger partial charge is 0.222 e. The van der Waals surface area contributed by atoms with E-state index in [2.05, 4.69) is 6.58 Å². The van der Waals surface area contributed by atoms with Crippen LogP contribution < -0.4 is 0 Å². The second kappa shape index (κ2) is 6.71. The predicted molar refractivity (Wildman–Crippen MR) is 87.9 cm³/mol. The SMILES string of the molecule is C=CCN1CC2(CCC1=O)CCN(S(=O)(=O)C(C)CC)CC2. The first kappa shape index (κ1) is 17.5. The van der Waals surface area contributed by atoms with Crippen LogP contribution in [0.25, 0.3) is 0 Å². The highest BCUT2D eigenvalue weighted by Gasteiger charge is 2.43. The van der Waals surface area contributed by atoms with Crippen molar-refractivity contribution in [2.75, 3.05) is 26.2 Å². The third-order valence-electron chi connectivity index (χ3n) is 5.32. The van der Waals surface area contributed by atoms with E-state index < -0.39 is 10.0 Å². The number of carbonyl (C=O) groups excluding carboxylic acids is 1. The van der Waals surface area contributed by atoms with E-state index in [-0.39, 0.29) is 16.6 Å². The summed E-state index contributed by atoms with van der Waals surface area (Å²) in [7, 11) is -3.17. The highest BCUT2D eigenvalue weighted by Crippen LogP contribution is 2.41. The third-order valence-corrected chi connectivity index (χ3v) is 7.76. The number of carbonyl (C=O) groups is 1. The van der Waals surface area contributed by atoms with Gasteiger partial charge in [0.15, 0.2) is 0 Å². The summed E-state index contributed by atoms with van der Waals surface area (Å²) in [6, 6.07) is 0. The maximum Gasteiger partial charge on any atom is 0.222 e. The molecule has 1 atom stereocenters. The molecule has 22 heavy (non-hydrogen) atoms. The van der Waals surface area contributed by atoms with Crippen molar-refractivity contribution >= 4 is 15.9 Å². The second-order valence-electron chi connectivity index (χ2n) is 6.73. The van der Waals surface area contributed by atoms with E-state index in [1.807, 2.05) is 11.8 Å². The molecular formula is C16H28N2O3S. The summed E-state index contributed by atoms with van der Waals surface area (Å²) in [5, 5.41) is -0.313. The minimum Gasteiger partial charge on any atom is -0.338 e. The Hall–Kier alpha value is -0.880. The van der Waals surface area contributed by atoms with E-state index in [0.29, 0.717) is 32.5 Å². The van der Waals surface area contributed by atoms with Crippen LogP contribution in [0.2, 0.25) is 0 Å². The van der Waals surface area contributed by atoms with Gasteiger partial charge in [-0.25, -0.2) is 12.7 Å². The minimum absolute atomic E-state index is 0.0956. The highest BCUT2D eigenvalue weighted by atomic mass is 32.2. The fraction of sp³-hybridized carbons (Fsp3) is 0.812. The van der Waals surface area contributed by atoms with Crippen LogP contribution in [-0.4, -0.2) is 55.0 Å². The molecule has 6 heteroatoms. The van der Waals surface area contributed by atoms with Gasteiger partial charge in [0.2, 0.25) is 15.9 Å². The molecule has 0 aromatic carbocycles. The van der Waals surface area contributed by atoms with Crippen molar-refractivity contribution in [1.29, 1.82) is 0 Å². The third kappa shape index (κ3) is 3.38. The summed E-state index contributed by atoms with van der Waals surface area (Å²) in [6.07, 6.45) is 5.57. The first-order valence-corrected chi connectivity index (χ1v) is 9.72. The van der Waals surface area contributed by atoms with Gasteiger partial charge < -0.3 is 4.90 Å². The molecule has 0 N–H and O–H groups in total. The first-order valence-electron chi connectivity index (χ1n) is 8.22. The molecule has 2 aliphatic heterocycles. The number of likely N-dealkylation sites (tertiary alicyclic amines) is 1. The normalized spacial score (nSPS) is 24.5. The summed E-state index contributed by atoms with van der Waals surface area (Å²) < 4.78 is 26.6. The summed E-state index contributed by atoms with van der Waals surface area (Å²) in [6.45, 7) is 9.92. The van der Waals surface area contributed by atoms with E-state index >= 15 is 0 Å². The number of hydrogen-bond acceptors (Lipinski definition) is 3. The maximum atomic E-state index is 12.5. The van der Waals surface area contributed by atoms with E-state index in [1.165, 1.54) is 0 Å². The Kier molecular flexibility index (Phi) is 5.33. The Labute approximate surface area is 134 Å². The van der Waals surface area contributed by atoms with E-state index in [1.54, 1.807) is 17.3 Å². The van der Waals surface area contributed by atoms with Crippen LogP contribution in [0.1, 0.15) is 46.0 Å². The van der Waals surface area contributed by atoms with Gasteiger partial charge in [0.05, 0.1) is 5.25 Å². The first-order chi connectivity index (χ1) is 10.3. The molecule has 0 aromatic rings. The fourth-order valence-electron chi connectivity index (χ4n) is 3.51. The minimum atomic E-state index is -3.17. The standard InChI is InChI=1S/C16H28N2O3S/c1-4-10-17-13-16(7-6-15(17)19)8-11-18(12-9-16)22(20,21)14(3)5-2/h4,14H,1,5-13H2,2-3H3. The summed E-state index contributed by atoms with van der Waals surface area (Å²) >= 11 is 0. The molecule has 0 radical (unpaired) electrons. The number of sulfonamides is 1. The second-order valence-corrected chi connectivity index (χ2v) is 9.08. The molecule has 2 heterocycles. The molecule has 2 aliphatic rings. The number of rotatable bonds is 5. The molecule has 0 saturated carbocycles. The molecule has 1 spiro atoms. The van der Waals surface area contributed by atoms with Crippen LogP contribution >= 0.6 is 0 Å². The zero-order chi connectivity index (χ0) is 16.4. The molecule has 1 amide bonds. The molecule has 5 nitrogen and oxygen atoms in total. The van der Waals surface area contributed by atoms with Crippen molar-refractivity contribution in [1.82, 2.24) is 9.21 Å². The molecular weight excluding hydrogens is 300 g/mol. The zero-order valence-electron chi connectivity index (χ0n) is 13.8. The van der Waals surface area contributed by atoms with Crippen molar-refractivity contribution in [2.24, 2.45) is 5.41 Å². The quantitative estimate of drug-likeness (QED) is 0.725. The Morgan fingerprint density at radius 3 is 2.50 bits per heavy atom. The van der Waals surface area contributed by atoms with Crippen LogP contribution in [0.5, 0.6) is 0 Å². The van der Waals surface area contributed by atoms with E-state index in [4.69, 9.17) is 0 Å². The van der Waals surface area contributed by atoms with Crippen LogP contribution in [0.4, 0.5) is 0 Å². The molecule has 1 unspecified atom stereocenters. The van der Waals surface area contributed by atoms with Crippen molar-refractivity contribution in [3.63, 3.8) is 0 Å². The van der Waals surface area contributed by atoms with Gasteiger partial charge in [-0.15, -0.1) is 6.58 Å². The van der Waals surface area contributed by atoms with Gasteiger partial charge in [-0.05, 0) is 38.0 Å². The largest absolute Gasteiger partial charge is 0.338 e. The lowest BCUT2D eigenvalue weighted by atomic mass is 9.73. The fourth-order valence-corrected chi connectivity index (χ4v) is 5.13. The van der Waals surface area contributed by atoms with Gasteiger partial charge in [0, 0.05) is 32.6 Å². The predicted octanol–water partition coefficient (Wildman–Crippen LogP) is 2.01. The van der Waals surface area contributed by atoms with Gasteiger partial charge >= 0.3 is 0 Å². The zero-order valence-corrected chi connectivity index (χ0v) is 14.6. The number of hydrogen-bond donors (Lipinski definition) is 0. The van der Waals surface area contributed by atoms with Gasteiger partial charge in [0.25, 0.3) is 0 Å². The van der Waals surface area contributed by atoms with Crippen molar-refractivity contribution in [3.05, 3.63) is 12.7 Å². The Morgan fingerprint density at radius 1 is 1.32 bits per heavy atom. The molecule has 0 aromatic heterocycles. The number of amides is 1. The van der Waals surface area contributed by atoms with Crippen molar-refractivity contribution in [3.8, 4) is 0 Å². The van der Waals surface area contributed by atoms with Gasteiger partial charge in [-0.3, -0.25) is 4.79 Å². The monoisotopic (exact) mass is 328 g/mol. The van der Waals surface area contributed by atoms with Crippen molar-refractivity contribution < 1.29 is 13.2 Å². The average molecular weight is 328 g/mol. The van der Waals surface area contributed by atoms with Crippen LogP contribution in [0.3, 0.4) is 0 Å². The van der Waals surface area contributed by atoms with Gasteiger partial charge in [-0.1, -0.05) is 13.0 Å². The van der Waals surface area contributed by atoms with Crippen molar-refractivity contribution in [2.45, 2.75) is 51.2 Å². The topological polar surface area (TPSA) is 57.7 Å². The van der Waals surface area contributed by atoms with Gasteiger partial charge in [-0.2, -0.15) is 0 Å². The molecule has 0 aliphatic carbocycles. The summed E-state index contributed by atoms with van der Waals surface area (Å²) in [4.78, 5) is 13.8. The highest BCUT2D eigenvalue weighted by molar-refractivity contribution is 7.89. The molecule has 126 valence electrons. The lowest BCUT2D eigenvalue weighted by Gasteiger charge is -2.47. The number of nitrogens with zero attached hydrogens (tertiary/aromatic N) is 2. The van der Waals surface area contributed by atoms with Crippen LogP contribution in [-0.2, 0) is 14.8 Å². The van der Waals surface area contributed by atoms with E-state index in [0.717, 1.165) is 25.8 Å². The summed E-state index contributed by atoms with van der Waals surface area (Å²) in [5.41, 5.74) is 0.0956. The molecule has 2 fully saturated rings. The summed E-state index contributed by atoms with van der Waals surface area (Å²) in [5.74, 6) is 0.195. The lowest BCUT2D eigenvalue weighted by Crippen LogP contribution is -2.53. The van der Waals surface area contributed by atoms with Crippen LogP contribution in [0, 0.1) is 5.41 Å². The average Bonchev–Trinajstić information content (AvgIpc) is 2.51. The van der Waals surface area contributed by atoms with E-state index in [9.17, 15) is 13.2 Å². The Morgan fingerprint density at radius 2 is 1.95 bits per heavy atom. The van der Waals surface area contributed by atoms with Crippen LogP contribution in [0.15, 0.2) is 12.7 Å². The Balaban J connectivity index is 2.02.